The maximum absolute atomic E-state index is 13.6. The van der Waals surface area contributed by atoms with Crippen LogP contribution in [0.25, 0.3) is 6.08 Å². The van der Waals surface area contributed by atoms with Gasteiger partial charge in [0.25, 0.3) is 5.91 Å². The maximum atomic E-state index is 13.6. The minimum Gasteiger partial charge on any atom is -0.490 e. The molecule has 194 valence electrons. The number of aliphatic imine (C=N–C) groups is 1. The molecule has 1 saturated heterocycles. The summed E-state index contributed by atoms with van der Waals surface area (Å²) in [6.07, 6.45) is 6.04. The fraction of sp³-hybridized carbons (Fsp3) is 0.188. The van der Waals surface area contributed by atoms with E-state index in [1.165, 1.54) is 11.8 Å². The highest BCUT2D eigenvalue weighted by atomic mass is 32.2. The average Bonchev–Trinajstić information content (AvgIpc) is 3.22. The van der Waals surface area contributed by atoms with Crippen molar-refractivity contribution in [3.05, 3.63) is 125 Å². The molecule has 38 heavy (non-hydrogen) atoms. The summed E-state index contributed by atoms with van der Waals surface area (Å²) >= 11 is 1.40. The van der Waals surface area contributed by atoms with E-state index in [0.717, 1.165) is 22.3 Å². The van der Waals surface area contributed by atoms with Gasteiger partial charge in [-0.15, -0.1) is 6.58 Å². The first-order chi connectivity index (χ1) is 18.6. The Labute approximate surface area is 229 Å². The number of ether oxygens (including phenoxy) is 2. The van der Waals surface area contributed by atoms with Crippen LogP contribution in [0.2, 0.25) is 0 Å². The molecule has 0 N–H and O–H groups in total. The van der Waals surface area contributed by atoms with Gasteiger partial charge in [0.15, 0.2) is 16.7 Å². The van der Waals surface area contributed by atoms with Crippen molar-refractivity contribution in [1.82, 2.24) is 4.90 Å². The molecule has 0 saturated carbocycles. The SMILES string of the molecule is C=CCOc1c(CC=C)cc(/C=C2/SC(=NCc3ccccc3)N(Cc3ccccc3)C2=O)cc1OCC. The van der Waals surface area contributed by atoms with E-state index in [0.29, 0.717) is 54.3 Å². The molecule has 0 spiro atoms. The normalized spacial score (nSPS) is 15.2. The van der Waals surface area contributed by atoms with Gasteiger partial charge in [0.1, 0.15) is 6.61 Å². The second-order valence-electron chi connectivity index (χ2n) is 8.60. The summed E-state index contributed by atoms with van der Waals surface area (Å²) in [6.45, 7) is 11.4. The van der Waals surface area contributed by atoms with Crippen molar-refractivity contribution in [2.24, 2.45) is 4.99 Å². The monoisotopic (exact) mass is 524 g/mol. The van der Waals surface area contributed by atoms with E-state index in [4.69, 9.17) is 14.5 Å². The van der Waals surface area contributed by atoms with Crippen molar-refractivity contribution >= 4 is 28.9 Å². The summed E-state index contributed by atoms with van der Waals surface area (Å²) in [6, 6.07) is 23.9. The molecule has 1 heterocycles. The van der Waals surface area contributed by atoms with Crippen LogP contribution in [0.4, 0.5) is 0 Å². The van der Waals surface area contributed by atoms with Gasteiger partial charge in [-0.2, -0.15) is 0 Å². The highest BCUT2D eigenvalue weighted by Gasteiger charge is 2.33. The van der Waals surface area contributed by atoms with E-state index in [-0.39, 0.29) is 5.91 Å². The van der Waals surface area contributed by atoms with Gasteiger partial charge in [0.05, 0.1) is 24.6 Å². The van der Waals surface area contributed by atoms with Crippen LogP contribution in [-0.2, 0) is 24.3 Å². The number of nitrogens with zero attached hydrogens (tertiary/aromatic N) is 2. The molecule has 1 aliphatic rings. The average molecular weight is 525 g/mol. The number of allylic oxidation sites excluding steroid dienone is 1. The molecule has 0 unspecified atom stereocenters. The van der Waals surface area contributed by atoms with Gasteiger partial charge in [-0.25, -0.2) is 0 Å². The summed E-state index contributed by atoms with van der Waals surface area (Å²) in [7, 11) is 0. The van der Waals surface area contributed by atoms with E-state index in [1.807, 2.05) is 91.9 Å². The predicted octanol–water partition coefficient (Wildman–Crippen LogP) is 7.05. The Hall–Kier alpha value is -4.03. The number of rotatable bonds is 12. The van der Waals surface area contributed by atoms with Crippen molar-refractivity contribution in [1.29, 1.82) is 0 Å². The predicted molar refractivity (Wildman–Crippen MR) is 157 cm³/mol. The number of thioether (sulfide) groups is 1. The van der Waals surface area contributed by atoms with E-state index in [1.54, 1.807) is 11.0 Å². The molecule has 1 amide bonds. The largest absolute Gasteiger partial charge is 0.490 e. The van der Waals surface area contributed by atoms with E-state index in [2.05, 4.69) is 13.2 Å². The van der Waals surface area contributed by atoms with Crippen molar-refractivity contribution < 1.29 is 14.3 Å². The van der Waals surface area contributed by atoms with Crippen molar-refractivity contribution in [2.75, 3.05) is 13.2 Å². The summed E-state index contributed by atoms with van der Waals surface area (Å²) in [5.74, 6) is 1.24. The highest BCUT2D eigenvalue weighted by molar-refractivity contribution is 8.18. The first-order valence-electron chi connectivity index (χ1n) is 12.6. The number of hydrogen-bond acceptors (Lipinski definition) is 5. The molecular weight excluding hydrogens is 492 g/mol. The zero-order valence-corrected chi connectivity index (χ0v) is 22.5. The highest BCUT2D eigenvalue weighted by Crippen LogP contribution is 2.38. The number of benzene rings is 3. The molecule has 3 aromatic rings. The van der Waals surface area contributed by atoms with Crippen LogP contribution in [-0.4, -0.2) is 29.2 Å². The van der Waals surface area contributed by atoms with Gasteiger partial charge in [-0.3, -0.25) is 14.7 Å². The minimum absolute atomic E-state index is 0.0686. The van der Waals surface area contributed by atoms with Crippen molar-refractivity contribution in [3.63, 3.8) is 0 Å². The summed E-state index contributed by atoms with van der Waals surface area (Å²) in [5.41, 5.74) is 3.94. The Kier molecular flexibility index (Phi) is 9.59. The van der Waals surface area contributed by atoms with Gasteiger partial charge in [0, 0.05) is 5.56 Å². The lowest BCUT2D eigenvalue weighted by Gasteiger charge is -2.16. The molecule has 0 aromatic heterocycles. The Morgan fingerprint density at radius 2 is 1.66 bits per heavy atom. The third kappa shape index (κ3) is 6.84. The van der Waals surface area contributed by atoms with Crippen molar-refractivity contribution in [2.45, 2.75) is 26.4 Å². The molecule has 4 rings (SSSR count). The third-order valence-electron chi connectivity index (χ3n) is 5.77. The molecule has 5 nitrogen and oxygen atoms in total. The number of carbonyl (C=O) groups is 1. The second-order valence-corrected chi connectivity index (χ2v) is 9.61. The Bertz CT molecular complexity index is 1330. The lowest BCUT2D eigenvalue weighted by molar-refractivity contribution is -0.122. The summed E-state index contributed by atoms with van der Waals surface area (Å²) < 4.78 is 11.8. The lowest BCUT2D eigenvalue weighted by Crippen LogP contribution is -2.28. The van der Waals surface area contributed by atoms with Crippen molar-refractivity contribution in [3.8, 4) is 11.5 Å². The molecule has 1 aliphatic heterocycles. The molecule has 0 atom stereocenters. The second kappa shape index (κ2) is 13.5. The number of hydrogen-bond donors (Lipinski definition) is 0. The van der Waals surface area contributed by atoms with Gasteiger partial charge in [0.2, 0.25) is 0 Å². The number of carbonyl (C=O) groups excluding carboxylic acids is 1. The minimum atomic E-state index is -0.0686. The fourth-order valence-corrected chi connectivity index (χ4v) is 5.04. The topological polar surface area (TPSA) is 51.1 Å². The van der Waals surface area contributed by atoms with E-state index < -0.39 is 0 Å². The third-order valence-corrected chi connectivity index (χ3v) is 6.82. The van der Waals surface area contributed by atoms with Crippen LogP contribution < -0.4 is 9.47 Å². The summed E-state index contributed by atoms with van der Waals surface area (Å²) in [5, 5.41) is 0.691. The smallest absolute Gasteiger partial charge is 0.267 e. The van der Waals surface area contributed by atoms with E-state index in [9.17, 15) is 4.79 Å². The molecule has 6 heteroatoms. The first-order valence-corrected chi connectivity index (χ1v) is 13.4. The van der Waals surface area contributed by atoms with Crippen LogP contribution >= 0.6 is 11.8 Å². The standard InChI is InChI=1S/C32H32N2O3S/c1-4-13-27-19-26(20-28(36-6-3)30(27)37-18-5-2)21-29-31(35)34(23-25-16-11-8-12-17-25)32(38-29)33-22-24-14-9-7-10-15-24/h4-5,7-12,14-17,19-21H,1-2,6,13,18,22-23H2,3H3/b29-21+,33-32?. The zero-order chi connectivity index (χ0) is 26.7. The Balaban J connectivity index is 1.70. The fourth-order valence-electron chi connectivity index (χ4n) is 4.07. The molecule has 0 bridgehead atoms. The van der Waals surface area contributed by atoms with Crippen LogP contribution in [0, 0.1) is 0 Å². The molecule has 3 aromatic carbocycles. The molecule has 0 radical (unpaired) electrons. The van der Waals surface area contributed by atoms with E-state index >= 15 is 0 Å². The van der Waals surface area contributed by atoms with Gasteiger partial charge in [-0.05, 0) is 60.0 Å². The Morgan fingerprint density at radius 1 is 0.947 bits per heavy atom. The number of amidine groups is 1. The van der Waals surface area contributed by atoms with Gasteiger partial charge >= 0.3 is 0 Å². The van der Waals surface area contributed by atoms with Gasteiger partial charge in [-0.1, -0.05) is 79.4 Å². The van der Waals surface area contributed by atoms with Crippen LogP contribution in [0.1, 0.15) is 29.2 Å². The number of amides is 1. The zero-order valence-electron chi connectivity index (χ0n) is 21.6. The van der Waals surface area contributed by atoms with Crippen LogP contribution in [0.5, 0.6) is 11.5 Å². The first kappa shape index (κ1) is 27.0. The quantitative estimate of drug-likeness (QED) is 0.188. The molecule has 1 fully saturated rings. The molecule has 0 aliphatic carbocycles. The Morgan fingerprint density at radius 3 is 2.32 bits per heavy atom. The maximum Gasteiger partial charge on any atom is 0.267 e. The van der Waals surface area contributed by atoms with Crippen LogP contribution in [0.3, 0.4) is 0 Å². The lowest BCUT2D eigenvalue weighted by atomic mass is 10.0. The van der Waals surface area contributed by atoms with Crippen LogP contribution in [0.15, 0.2) is 108 Å². The summed E-state index contributed by atoms with van der Waals surface area (Å²) in [4.78, 5) is 20.8. The molecular formula is C32H32N2O3S. The van der Waals surface area contributed by atoms with Gasteiger partial charge < -0.3 is 9.47 Å².